The lowest BCUT2D eigenvalue weighted by Gasteiger charge is -2.39. The average Bonchev–Trinajstić information content (AvgIpc) is 3.30. The molecule has 5 rings (SSSR count). The van der Waals surface area contributed by atoms with Crippen molar-refractivity contribution in [2.24, 2.45) is 4.99 Å². The Hall–Kier alpha value is -5.11. The largest absolute Gasteiger partial charge is 0.356 e. The third kappa shape index (κ3) is 14.3. The smallest absolute Gasteiger partial charge is 0.213 e. The Morgan fingerprint density at radius 3 is 1.32 bits per heavy atom. The van der Waals surface area contributed by atoms with Crippen molar-refractivity contribution in [3.63, 3.8) is 0 Å². The molecule has 1 fully saturated rings. The molecule has 60 heavy (non-hydrogen) atoms. The molecule has 0 aromatic heterocycles. The summed E-state index contributed by atoms with van der Waals surface area (Å²) in [5.41, 5.74) is 4.97. The van der Waals surface area contributed by atoms with Crippen LogP contribution in [0.1, 0.15) is 33.4 Å². The van der Waals surface area contributed by atoms with E-state index in [1.807, 2.05) is 72.8 Å². The van der Waals surface area contributed by atoms with Gasteiger partial charge in [-0.25, -0.2) is 0 Å². The number of guanidine groups is 1. The van der Waals surface area contributed by atoms with E-state index in [1.54, 1.807) is 12.1 Å². The maximum atomic E-state index is 10.6. The number of benzene rings is 4. The summed E-state index contributed by atoms with van der Waals surface area (Å²) in [5.74, 6) is 0.447. The standard InChI is InChI=1S/C48H60N6O4Si2/c1-59(2,3)25-23-55-36-57-46-44(29-38-15-9-7-10-16-38)53(33-42-21-13-19-40(27-42)31-49)48(52-35-51)54(34-43-22-14-20-41(28-43)32-50)45(30-39-17-11-8-12-18-39)47(46)58-37-56-24-26-60(4,5)6/h7-22,27-28,44-47H,23-26,29-30,33-34,36-37H2,1-6H3/t44-,45-,46+,47+/m1/s1. The zero-order valence-corrected chi connectivity index (χ0v) is 38.1. The van der Waals surface area contributed by atoms with Crippen LogP contribution in [-0.2, 0) is 44.9 Å². The minimum Gasteiger partial charge on any atom is -0.356 e. The molecule has 0 N–H and O–H groups in total. The summed E-state index contributed by atoms with van der Waals surface area (Å²) < 4.78 is 26.7. The van der Waals surface area contributed by atoms with Crippen molar-refractivity contribution in [3.8, 4) is 18.3 Å². The molecular formula is C48H60N6O4Si2. The molecule has 0 radical (unpaired) electrons. The quantitative estimate of drug-likeness (QED) is 0.0371. The van der Waals surface area contributed by atoms with Gasteiger partial charge in [-0.15, -0.1) is 4.99 Å². The highest BCUT2D eigenvalue weighted by molar-refractivity contribution is 6.76. The fraction of sp³-hybridized carbons (Fsp3) is 0.417. The molecule has 1 aliphatic heterocycles. The van der Waals surface area contributed by atoms with Gasteiger partial charge in [-0.3, -0.25) is 0 Å². The fourth-order valence-corrected chi connectivity index (χ4v) is 8.89. The van der Waals surface area contributed by atoms with E-state index in [2.05, 4.69) is 96.7 Å². The van der Waals surface area contributed by atoms with E-state index in [-0.39, 0.29) is 13.6 Å². The highest BCUT2D eigenvalue weighted by Gasteiger charge is 2.48. The monoisotopic (exact) mass is 840 g/mol. The average molecular weight is 841 g/mol. The molecule has 10 nitrogen and oxygen atoms in total. The zero-order chi connectivity index (χ0) is 43.0. The predicted molar refractivity (Wildman–Crippen MR) is 242 cm³/mol. The number of hydrogen-bond donors (Lipinski definition) is 0. The van der Waals surface area contributed by atoms with Crippen LogP contribution in [0.5, 0.6) is 0 Å². The van der Waals surface area contributed by atoms with Crippen LogP contribution in [0.3, 0.4) is 0 Å². The van der Waals surface area contributed by atoms with Gasteiger partial charge in [-0.2, -0.15) is 15.8 Å². The maximum absolute atomic E-state index is 10.6. The van der Waals surface area contributed by atoms with Gasteiger partial charge in [0.05, 0.1) is 35.3 Å². The SMILES string of the molecule is C[Si](C)(C)CCOCO[C@@H]1[C@@H](OCOCC[Si](C)(C)C)[C@@H](Cc2ccccc2)N(Cc2cccc(C#N)c2)C(=NC#N)N(Cc2cccc(C#N)c2)[C@@H]1Cc1ccccc1. The van der Waals surface area contributed by atoms with Crippen molar-refractivity contribution in [3.05, 3.63) is 143 Å². The lowest BCUT2D eigenvalue weighted by Crippen LogP contribution is -2.53. The van der Waals surface area contributed by atoms with E-state index >= 15 is 0 Å². The van der Waals surface area contributed by atoms with Gasteiger partial charge in [-0.1, -0.05) is 124 Å². The van der Waals surface area contributed by atoms with Crippen LogP contribution in [-0.4, -0.2) is 83.0 Å². The van der Waals surface area contributed by atoms with Crippen molar-refractivity contribution in [1.29, 1.82) is 15.8 Å². The van der Waals surface area contributed by atoms with Crippen molar-refractivity contribution < 1.29 is 18.9 Å². The molecule has 0 bridgehead atoms. The van der Waals surface area contributed by atoms with Crippen LogP contribution in [0.4, 0.5) is 0 Å². The van der Waals surface area contributed by atoms with E-state index in [4.69, 9.17) is 18.9 Å². The van der Waals surface area contributed by atoms with Gasteiger partial charge in [0.2, 0.25) is 12.2 Å². The number of ether oxygens (including phenoxy) is 4. The van der Waals surface area contributed by atoms with Crippen LogP contribution in [0.2, 0.25) is 51.4 Å². The first-order valence-electron chi connectivity index (χ1n) is 20.8. The third-order valence-corrected chi connectivity index (χ3v) is 14.0. The van der Waals surface area contributed by atoms with E-state index in [0.29, 0.717) is 56.2 Å². The Balaban J connectivity index is 1.74. The zero-order valence-electron chi connectivity index (χ0n) is 36.1. The number of nitrogens with zero attached hydrogens (tertiary/aromatic N) is 6. The van der Waals surface area contributed by atoms with Gasteiger partial charge in [0, 0.05) is 42.5 Å². The van der Waals surface area contributed by atoms with Gasteiger partial charge in [-0.05, 0) is 71.4 Å². The Morgan fingerprint density at radius 2 is 0.950 bits per heavy atom. The van der Waals surface area contributed by atoms with Crippen molar-refractivity contribution in [2.45, 2.75) is 102 Å². The minimum absolute atomic E-state index is 0.0432. The molecule has 1 aliphatic rings. The molecule has 314 valence electrons. The molecular weight excluding hydrogens is 781 g/mol. The fourth-order valence-electron chi connectivity index (χ4n) is 7.38. The van der Waals surface area contributed by atoms with Gasteiger partial charge in [0.25, 0.3) is 0 Å². The second-order valence-corrected chi connectivity index (χ2v) is 29.1. The van der Waals surface area contributed by atoms with Gasteiger partial charge in [0.1, 0.15) is 25.8 Å². The summed E-state index contributed by atoms with van der Waals surface area (Å²) in [7, 11) is -2.77. The molecule has 1 saturated heterocycles. The van der Waals surface area contributed by atoms with Crippen LogP contribution in [0.25, 0.3) is 0 Å². The number of nitriles is 3. The number of aliphatic imine (C=N–C) groups is 1. The second-order valence-electron chi connectivity index (χ2n) is 17.8. The van der Waals surface area contributed by atoms with E-state index in [1.165, 1.54) is 0 Å². The first kappa shape index (κ1) is 46.0. The third-order valence-electron chi connectivity index (χ3n) is 10.6. The lowest BCUT2D eigenvalue weighted by molar-refractivity contribution is -0.188. The van der Waals surface area contributed by atoms with Crippen LogP contribution >= 0.6 is 0 Å². The Morgan fingerprint density at radius 1 is 0.550 bits per heavy atom. The van der Waals surface area contributed by atoms with Gasteiger partial charge in [0.15, 0.2) is 0 Å². The van der Waals surface area contributed by atoms with Crippen molar-refractivity contribution in [1.82, 2.24) is 9.80 Å². The molecule has 1 heterocycles. The second kappa shape index (κ2) is 22.5. The number of hydrogen-bond acceptors (Lipinski definition) is 8. The van der Waals surface area contributed by atoms with Crippen molar-refractivity contribution >= 4 is 22.1 Å². The van der Waals surface area contributed by atoms with E-state index < -0.39 is 40.4 Å². The van der Waals surface area contributed by atoms with Crippen LogP contribution in [0, 0.1) is 34.1 Å². The summed E-state index contributed by atoms with van der Waals surface area (Å²) in [6.45, 7) is 15.8. The molecule has 0 amide bonds. The molecule has 0 aliphatic carbocycles. The van der Waals surface area contributed by atoms with Gasteiger partial charge < -0.3 is 28.7 Å². The number of rotatable bonds is 20. The van der Waals surface area contributed by atoms with Gasteiger partial charge >= 0.3 is 0 Å². The molecule has 0 spiro atoms. The lowest BCUT2D eigenvalue weighted by atomic mass is 9.90. The summed E-state index contributed by atoms with van der Waals surface area (Å²) >= 11 is 0. The molecule has 0 unspecified atom stereocenters. The summed E-state index contributed by atoms with van der Waals surface area (Å²) in [6.07, 6.45) is 1.97. The molecule has 12 heteroatoms. The molecule has 4 aromatic carbocycles. The first-order chi connectivity index (χ1) is 28.9. The van der Waals surface area contributed by atoms with E-state index in [9.17, 15) is 15.8 Å². The first-order valence-corrected chi connectivity index (χ1v) is 28.2. The van der Waals surface area contributed by atoms with Crippen molar-refractivity contribution in [2.75, 3.05) is 26.8 Å². The topological polar surface area (TPSA) is 127 Å². The predicted octanol–water partition coefficient (Wildman–Crippen LogP) is 9.20. The summed E-state index contributed by atoms with van der Waals surface area (Å²) in [6, 6.07) is 41.3. The highest BCUT2D eigenvalue weighted by Crippen LogP contribution is 2.34. The Kier molecular flexibility index (Phi) is 17.2. The normalized spacial score (nSPS) is 18.3. The van der Waals surface area contributed by atoms with Crippen LogP contribution < -0.4 is 0 Å². The molecule has 4 aromatic rings. The summed E-state index contributed by atoms with van der Waals surface area (Å²) in [4.78, 5) is 9.00. The molecule has 0 saturated carbocycles. The maximum Gasteiger partial charge on any atom is 0.213 e. The Labute approximate surface area is 359 Å². The highest BCUT2D eigenvalue weighted by atomic mass is 28.3. The van der Waals surface area contributed by atoms with E-state index in [0.717, 1.165) is 34.3 Å². The summed E-state index contributed by atoms with van der Waals surface area (Å²) in [5, 5.41) is 30.5. The molecule has 4 atom stereocenters. The minimum atomic E-state index is -1.38. The van der Waals surface area contributed by atoms with Crippen LogP contribution in [0.15, 0.2) is 114 Å². The Bertz CT molecular complexity index is 1960.